The monoisotopic (exact) mass is 324 g/mol. The van der Waals surface area contributed by atoms with Crippen molar-refractivity contribution in [1.29, 1.82) is 0 Å². The minimum absolute atomic E-state index is 0.00861. The second-order valence-electron chi connectivity index (χ2n) is 5.62. The van der Waals surface area contributed by atoms with Crippen LogP contribution >= 0.6 is 11.3 Å². The molecule has 120 valence electrons. The van der Waals surface area contributed by atoms with Crippen LogP contribution in [0.25, 0.3) is 0 Å². The lowest BCUT2D eigenvalue weighted by Gasteiger charge is -2.20. The number of rotatable bonds is 4. The van der Waals surface area contributed by atoms with Gasteiger partial charge in [-0.1, -0.05) is 0 Å². The first-order chi connectivity index (χ1) is 10.3. The molecule has 0 aliphatic carbocycles. The smallest absolute Gasteiger partial charge is 0.340 e. The highest BCUT2D eigenvalue weighted by atomic mass is 32.1. The third-order valence-electron chi connectivity index (χ3n) is 3.65. The van der Waals surface area contributed by atoms with Crippen molar-refractivity contribution in [3.63, 3.8) is 0 Å². The first-order valence-corrected chi connectivity index (χ1v) is 7.94. The average Bonchev–Trinajstić information content (AvgIpc) is 3.01. The van der Waals surface area contributed by atoms with E-state index < -0.39 is 5.97 Å². The van der Waals surface area contributed by atoms with Gasteiger partial charge in [-0.2, -0.15) is 0 Å². The van der Waals surface area contributed by atoms with E-state index in [0.717, 1.165) is 4.88 Å². The van der Waals surface area contributed by atoms with Crippen LogP contribution in [0.2, 0.25) is 0 Å². The first kappa shape index (κ1) is 16.5. The van der Waals surface area contributed by atoms with Gasteiger partial charge in [0.1, 0.15) is 5.00 Å². The van der Waals surface area contributed by atoms with E-state index in [1.165, 1.54) is 18.4 Å². The van der Waals surface area contributed by atoms with E-state index >= 15 is 0 Å². The summed E-state index contributed by atoms with van der Waals surface area (Å²) in [5, 5.41) is 3.25. The summed E-state index contributed by atoms with van der Waals surface area (Å²) in [7, 11) is 1.30. The van der Waals surface area contributed by atoms with Crippen LogP contribution in [0.1, 0.15) is 35.5 Å². The zero-order valence-corrected chi connectivity index (χ0v) is 14.0. The van der Waals surface area contributed by atoms with Gasteiger partial charge in [-0.25, -0.2) is 4.79 Å². The summed E-state index contributed by atoms with van der Waals surface area (Å²) in [5.41, 5.74) is 0.350. The van der Waals surface area contributed by atoms with Crippen LogP contribution in [0.5, 0.6) is 0 Å². The molecular weight excluding hydrogens is 304 g/mol. The second kappa shape index (κ2) is 6.48. The van der Waals surface area contributed by atoms with Gasteiger partial charge in [0.25, 0.3) is 0 Å². The van der Waals surface area contributed by atoms with Crippen LogP contribution in [0.4, 0.5) is 5.00 Å². The Morgan fingerprint density at radius 2 is 2.14 bits per heavy atom. The van der Waals surface area contributed by atoms with E-state index in [9.17, 15) is 14.4 Å². The van der Waals surface area contributed by atoms with Gasteiger partial charge in [0.05, 0.1) is 18.6 Å². The van der Waals surface area contributed by atoms with Gasteiger partial charge in [-0.15, -0.1) is 11.3 Å². The van der Waals surface area contributed by atoms with Crippen molar-refractivity contribution in [1.82, 2.24) is 4.90 Å². The lowest BCUT2D eigenvalue weighted by atomic mass is 10.1. The molecule has 1 unspecified atom stereocenters. The van der Waals surface area contributed by atoms with E-state index in [1.54, 1.807) is 11.0 Å². The number of ether oxygens (including phenoxy) is 1. The largest absolute Gasteiger partial charge is 0.465 e. The second-order valence-corrected chi connectivity index (χ2v) is 6.88. The van der Waals surface area contributed by atoms with Gasteiger partial charge in [0, 0.05) is 23.9 Å². The van der Waals surface area contributed by atoms with E-state index in [4.69, 9.17) is 4.74 Å². The van der Waals surface area contributed by atoms with Crippen molar-refractivity contribution in [2.75, 3.05) is 19.0 Å². The Balaban J connectivity index is 2.10. The summed E-state index contributed by atoms with van der Waals surface area (Å²) < 4.78 is 4.72. The molecule has 1 aromatic heterocycles. The SMILES string of the molecule is COC(=O)c1cc(C)sc1NC(=O)C1CC(=O)N(C(C)C)C1. The quantitative estimate of drug-likeness (QED) is 0.860. The number of aryl methyl sites for hydroxylation is 1. The number of methoxy groups -OCH3 is 1. The molecule has 1 atom stereocenters. The Labute approximate surface area is 133 Å². The Morgan fingerprint density at radius 3 is 2.68 bits per heavy atom. The molecule has 6 nitrogen and oxygen atoms in total. The molecule has 2 amide bonds. The lowest BCUT2D eigenvalue weighted by molar-refractivity contribution is -0.129. The standard InChI is InChI=1S/C15H20N2O4S/c1-8(2)17-7-10(6-12(17)18)13(19)16-14-11(15(20)21-4)5-9(3)22-14/h5,8,10H,6-7H2,1-4H3,(H,16,19). The zero-order valence-electron chi connectivity index (χ0n) is 13.1. The average molecular weight is 324 g/mol. The molecule has 1 N–H and O–H groups in total. The van der Waals surface area contributed by atoms with Crippen molar-refractivity contribution in [2.24, 2.45) is 5.92 Å². The van der Waals surface area contributed by atoms with E-state index in [2.05, 4.69) is 5.32 Å². The fourth-order valence-electron chi connectivity index (χ4n) is 2.49. The molecule has 22 heavy (non-hydrogen) atoms. The highest BCUT2D eigenvalue weighted by Crippen LogP contribution is 2.30. The van der Waals surface area contributed by atoms with Crippen molar-refractivity contribution in [2.45, 2.75) is 33.2 Å². The lowest BCUT2D eigenvalue weighted by Crippen LogP contribution is -2.33. The summed E-state index contributed by atoms with van der Waals surface area (Å²) in [4.78, 5) is 38.6. The molecule has 1 aliphatic rings. The van der Waals surface area contributed by atoms with Crippen LogP contribution in [0.15, 0.2) is 6.07 Å². The fraction of sp³-hybridized carbons (Fsp3) is 0.533. The first-order valence-electron chi connectivity index (χ1n) is 7.12. The van der Waals surface area contributed by atoms with Crippen LogP contribution in [0, 0.1) is 12.8 Å². The van der Waals surface area contributed by atoms with Crippen molar-refractivity contribution < 1.29 is 19.1 Å². The maximum atomic E-state index is 12.4. The van der Waals surface area contributed by atoms with Gasteiger partial charge in [0.2, 0.25) is 11.8 Å². The Bertz CT molecular complexity index is 609. The number of amides is 2. The molecular formula is C15H20N2O4S. The van der Waals surface area contributed by atoms with Crippen molar-refractivity contribution in [3.05, 3.63) is 16.5 Å². The number of nitrogens with one attached hydrogen (secondary N) is 1. The molecule has 0 spiro atoms. The van der Waals surface area contributed by atoms with Crippen LogP contribution in [-0.4, -0.2) is 42.4 Å². The number of hydrogen-bond donors (Lipinski definition) is 1. The number of anilines is 1. The number of thiophene rings is 1. The maximum absolute atomic E-state index is 12.4. The van der Waals surface area contributed by atoms with Crippen molar-refractivity contribution >= 4 is 34.1 Å². The highest BCUT2D eigenvalue weighted by molar-refractivity contribution is 7.16. The topological polar surface area (TPSA) is 75.7 Å². The summed E-state index contributed by atoms with van der Waals surface area (Å²) in [6.45, 7) is 6.12. The van der Waals surface area contributed by atoms with Gasteiger partial charge in [0.15, 0.2) is 0 Å². The van der Waals surface area contributed by atoms with Crippen molar-refractivity contribution in [3.8, 4) is 0 Å². The van der Waals surface area contributed by atoms with Crippen LogP contribution in [0.3, 0.4) is 0 Å². The summed E-state index contributed by atoms with van der Waals surface area (Å²) in [6.07, 6.45) is 0.210. The van der Waals surface area contributed by atoms with E-state index in [1.807, 2.05) is 20.8 Å². The van der Waals surface area contributed by atoms with Gasteiger partial charge in [-0.3, -0.25) is 9.59 Å². The molecule has 0 saturated carbocycles. The van der Waals surface area contributed by atoms with Gasteiger partial charge < -0.3 is 15.0 Å². The minimum Gasteiger partial charge on any atom is -0.465 e. The van der Waals surface area contributed by atoms with E-state index in [-0.39, 0.29) is 30.2 Å². The number of nitrogens with zero attached hydrogens (tertiary/aromatic N) is 1. The minimum atomic E-state index is -0.481. The van der Waals surface area contributed by atoms with Crippen LogP contribution < -0.4 is 5.32 Å². The van der Waals surface area contributed by atoms with Gasteiger partial charge >= 0.3 is 5.97 Å². The number of carbonyl (C=O) groups excluding carboxylic acids is 3. The Kier molecular flexibility index (Phi) is 4.85. The maximum Gasteiger partial charge on any atom is 0.340 e. The molecule has 7 heteroatoms. The Hall–Kier alpha value is -1.89. The zero-order chi connectivity index (χ0) is 16.4. The fourth-order valence-corrected chi connectivity index (χ4v) is 3.39. The molecule has 0 aromatic carbocycles. The molecule has 1 aliphatic heterocycles. The molecule has 0 bridgehead atoms. The molecule has 1 saturated heterocycles. The third kappa shape index (κ3) is 3.30. The molecule has 2 rings (SSSR count). The summed E-state index contributed by atoms with van der Waals surface area (Å²) >= 11 is 1.32. The number of carbonyl (C=O) groups is 3. The summed E-state index contributed by atoms with van der Waals surface area (Å²) in [5.74, 6) is -1.11. The normalized spacial score (nSPS) is 18.0. The molecule has 1 aromatic rings. The predicted octanol–water partition coefficient (Wildman–Crippen LogP) is 2.04. The number of likely N-dealkylation sites (tertiary alicyclic amines) is 1. The molecule has 1 fully saturated rings. The molecule has 0 radical (unpaired) electrons. The summed E-state index contributed by atoms with van der Waals surface area (Å²) in [6, 6.07) is 1.77. The number of hydrogen-bond acceptors (Lipinski definition) is 5. The highest BCUT2D eigenvalue weighted by Gasteiger charge is 2.36. The third-order valence-corrected chi connectivity index (χ3v) is 4.62. The number of esters is 1. The predicted molar refractivity (Wildman–Crippen MR) is 84.0 cm³/mol. The van der Waals surface area contributed by atoms with Gasteiger partial charge in [-0.05, 0) is 26.8 Å². The van der Waals surface area contributed by atoms with E-state index in [0.29, 0.717) is 17.1 Å². The molecule has 2 heterocycles. The van der Waals surface area contributed by atoms with Crippen LogP contribution in [-0.2, 0) is 14.3 Å². The Morgan fingerprint density at radius 1 is 1.45 bits per heavy atom.